The van der Waals surface area contributed by atoms with Crippen LogP contribution in [0.3, 0.4) is 0 Å². The second-order valence-electron chi connectivity index (χ2n) is 7.27. The molecule has 0 radical (unpaired) electrons. The first-order valence-electron chi connectivity index (χ1n) is 10.0. The van der Waals surface area contributed by atoms with Gasteiger partial charge in [0.1, 0.15) is 17.5 Å². The monoisotopic (exact) mass is 432 g/mol. The van der Waals surface area contributed by atoms with E-state index in [1.807, 2.05) is 0 Å². The van der Waals surface area contributed by atoms with Gasteiger partial charge in [0.2, 0.25) is 0 Å². The summed E-state index contributed by atoms with van der Waals surface area (Å²) in [5.74, 6) is -0.327. The molecule has 7 nitrogen and oxygen atoms in total. The summed E-state index contributed by atoms with van der Waals surface area (Å²) in [7, 11) is 1.54. The Bertz CT molecular complexity index is 1150. The third-order valence-corrected chi connectivity index (χ3v) is 4.99. The number of hydrogen-bond donors (Lipinski definition) is 1. The molecule has 1 heterocycles. The summed E-state index contributed by atoms with van der Waals surface area (Å²) in [5.41, 5.74) is 1.87. The topological polar surface area (TPSA) is 83.4 Å². The molecule has 0 saturated heterocycles. The van der Waals surface area contributed by atoms with Crippen LogP contribution in [0.5, 0.6) is 5.75 Å². The zero-order valence-corrected chi connectivity index (χ0v) is 17.4. The number of carbonyl (C=O) groups excluding carboxylic acids is 2. The zero-order chi connectivity index (χ0) is 22.5. The van der Waals surface area contributed by atoms with Crippen LogP contribution in [-0.2, 0) is 11.3 Å². The fourth-order valence-corrected chi connectivity index (χ4v) is 3.37. The van der Waals surface area contributed by atoms with Crippen molar-refractivity contribution in [2.45, 2.75) is 6.54 Å². The largest absolute Gasteiger partial charge is 0.497 e. The number of amides is 3. The maximum absolute atomic E-state index is 13.3. The van der Waals surface area contributed by atoms with Crippen molar-refractivity contribution in [3.05, 3.63) is 84.2 Å². The molecule has 0 aromatic heterocycles. The number of amidine groups is 1. The Morgan fingerprint density at radius 1 is 1.12 bits per heavy atom. The van der Waals surface area contributed by atoms with Gasteiger partial charge in [-0.1, -0.05) is 36.4 Å². The normalized spacial score (nSPS) is 16.7. The quantitative estimate of drug-likeness (QED) is 0.749. The van der Waals surface area contributed by atoms with Crippen LogP contribution in [-0.4, -0.2) is 42.0 Å². The fraction of sp³-hybridized carbons (Fsp3) is 0.167. The Balaban J connectivity index is 1.57. The summed E-state index contributed by atoms with van der Waals surface area (Å²) in [6.07, 6.45) is 7.09. The molecule has 162 valence electrons. The zero-order valence-electron chi connectivity index (χ0n) is 17.4. The highest BCUT2D eigenvalue weighted by Crippen LogP contribution is 2.19. The molecule has 1 unspecified atom stereocenters. The molecule has 0 bridgehead atoms. The predicted octanol–water partition coefficient (Wildman–Crippen LogP) is 3.99. The minimum absolute atomic E-state index is 0.00664. The number of fused-ring (bicyclic) bond motifs is 1. The third kappa shape index (κ3) is 4.97. The molecule has 0 saturated carbocycles. The maximum Gasteiger partial charge on any atom is 0.322 e. The second kappa shape index (κ2) is 9.38. The standard InChI is InChI=1S/C24H21FN4O3/c1-32-19-6-4-5-18(13-19)26-24(31)29(14-16-9-11-17(25)12-10-16)15-22-27-21-8-3-2-7-20(21)23(30)28-22/h2-13,20H,14-15H2,1H3,(H,26,31). The van der Waals surface area contributed by atoms with Gasteiger partial charge in [0.25, 0.3) is 5.91 Å². The van der Waals surface area contributed by atoms with Gasteiger partial charge in [-0.3, -0.25) is 4.79 Å². The van der Waals surface area contributed by atoms with Gasteiger partial charge in [-0.2, -0.15) is 4.99 Å². The first-order valence-corrected chi connectivity index (χ1v) is 10.0. The first-order chi connectivity index (χ1) is 15.5. The van der Waals surface area contributed by atoms with Crippen LogP contribution in [0.25, 0.3) is 0 Å². The average Bonchev–Trinajstić information content (AvgIpc) is 2.80. The van der Waals surface area contributed by atoms with Crippen LogP contribution in [0.15, 0.2) is 82.8 Å². The molecule has 4 rings (SSSR count). The van der Waals surface area contributed by atoms with E-state index in [-0.39, 0.29) is 30.6 Å². The molecule has 1 aliphatic heterocycles. The molecule has 2 aromatic rings. The van der Waals surface area contributed by atoms with E-state index in [2.05, 4.69) is 15.3 Å². The van der Waals surface area contributed by atoms with Crippen molar-refractivity contribution in [1.82, 2.24) is 4.90 Å². The maximum atomic E-state index is 13.3. The van der Waals surface area contributed by atoms with E-state index in [9.17, 15) is 14.0 Å². The van der Waals surface area contributed by atoms with E-state index < -0.39 is 11.9 Å². The van der Waals surface area contributed by atoms with Crippen LogP contribution in [0, 0.1) is 11.7 Å². The van der Waals surface area contributed by atoms with Gasteiger partial charge in [-0.05, 0) is 35.9 Å². The number of carbonyl (C=O) groups is 2. The van der Waals surface area contributed by atoms with Crippen molar-refractivity contribution >= 4 is 29.2 Å². The van der Waals surface area contributed by atoms with Crippen LogP contribution >= 0.6 is 0 Å². The highest BCUT2D eigenvalue weighted by Gasteiger charge is 2.27. The molecule has 0 fully saturated rings. The lowest BCUT2D eigenvalue weighted by Gasteiger charge is -2.25. The molecule has 32 heavy (non-hydrogen) atoms. The van der Waals surface area contributed by atoms with Gasteiger partial charge in [0, 0.05) is 18.3 Å². The van der Waals surface area contributed by atoms with Crippen molar-refractivity contribution in [3.8, 4) is 5.75 Å². The number of nitrogens with one attached hydrogen (secondary N) is 1. The molecule has 3 amide bonds. The van der Waals surface area contributed by atoms with Crippen molar-refractivity contribution in [2.24, 2.45) is 15.9 Å². The molecule has 1 N–H and O–H groups in total. The summed E-state index contributed by atoms with van der Waals surface area (Å²) in [6.45, 7) is 0.181. The van der Waals surface area contributed by atoms with Crippen LogP contribution in [0.1, 0.15) is 5.56 Å². The minimum Gasteiger partial charge on any atom is -0.497 e. The number of urea groups is 1. The smallest absolute Gasteiger partial charge is 0.322 e. The Labute approximate surface area is 184 Å². The number of rotatable bonds is 6. The van der Waals surface area contributed by atoms with Gasteiger partial charge in [-0.25, -0.2) is 14.2 Å². The van der Waals surface area contributed by atoms with Gasteiger partial charge in [-0.15, -0.1) is 0 Å². The van der Waals surface area contributed by atoms with E-state index in [1.54, 1.807) is 67.8 Å². The molecule has 0 spiro atoms. The van der Waals surface area contributed by atoms with Gasteiger partial charge >= 0.3 is 6.03 Å². The fourth-order valence-electron chi connectivity index (χ4n) is 3.37. The molecule has 2 aliphatic rings. The van der Waals surface area contributed by atoms with Crippen molar-refractivity contribution in [3.63, 3.8) is 0 Å². The Hall–Kier alpha value is -4.07. The van der Waals surface area contributed by atoms with Crippen LogP contribution in [0.2, 0.25) is 0 Å². The Morgan fingerprint density at radius 2 is 1.94 bits per heavy atom. The van der Waals surface area contributed by atoms with Crippen molar-refractivity contribution in [2.75, 3.05) is 19.0 Å². The van der Waals surface area contributed by atoms with E-state index in [0.29, 0.717) is 17.1 Å². The minimum atomic E-state index is -0.486. The summed E-state index contributed by atoms with van der Waals surface area (Å²) < 4.78 is 18.5. The molecule has 8 heteroatoms. The Kier molecular flexibility index (Phi) is 6.21. The number of hydrogen-bond acceptors (Lipinski definition) is 4. The number of nitrogens with zero attached hydrogens (tertiary/aromatic N) is 3. The van der Waals surface area contributed by atoms with Gasteiger partial charge in [0.05, 0.1) is 19.4 Å². The number of aliphatic imine (C=N–C) groups is 2. The van der Waals surface area contributed by atoms with E-state index >= 15 is 0 Å². The lowest BCUT2D eigenvalue weighted by atomic mass is 9.96. The molecular formula is C24H21FN4O3. The highest BCUT2D eigenvalue weighted by molar-refractivity contribution is 6.21. The van der Waals surface area contributed by atoms with Gasteiger partial charge in [0.15, 0.2) is 5.84 Å². The SMILES string of the molecule is COc1cccc(NC(=O)N(CC2=NC(=O)C3C=CC=CC3=N2)Cc2ccc(F)cc2)c1. The third-order valence-electron chi connectivity index (χ3n) is 4.99. The molecule has 1 atom stereocenters. The van der Waals surface area contributed by atoms with E-state index in [0.717, 1.165) is 5.56 Å². The molecular weight excluding hydrogens is 411 g/mol. The van der Waals surface area contributed by atoms with Crippen molar-refractivity contribution < 1.29 is 18.7 Å². The van der Waals surface area contributed by atoms with Crippen molar-refractivity contribution in [1.29, 1.82) is 0 Å². The highest BCUT2D eigenvalue weighted by atomic mass is 19.1. The first kappa shape index (κ1) is 21.2. The summed E-state index contributed by atoms with van der Waals surface area (Å²) >= 11 is 0. The van der Waals surface area contributed by atoms with E-state index in [4.69, 9.17) is 4.74 Å². The number of allylic oxidation sites excluding steroid dienone is 3. The van der Waals surface area contributed by atoms with Crippen LogP contribution < -0.4 is 10.1 Å². The van der Waals surface area contributed by atoms with Crippen LogP contribution in [0.4, 0.5) is 14.9 Å². The summed E-state index contributed by atoms with van der Waals surface area (Å²) in [4.78, 5) is 35.5. The molecule has 1 aliphatic carbocycles. The second-order valence-corrected chi connectivity index (χ2v) is 7.27. The number of benzene rings is 2. The average molecular weight is 432 g/mol. The summed E-state index contributed by atoms with van der Waals surface area (Å²) in [5, 5.41) is 2.82. The molecule has 2 aromatic carbocycles. The predicted molar refractivity (Wildman–Crippen MR) is 120 cm³/mol. The summed E-state index contributed by atoms with van der Waals surface area (Å²) in [6, 6.07) is 12.4. The lowest BCUT2D eigenvalue weighted by molar-refractivity contribution is -0.118. The number of methoxy groups -OCH3 is 1. The number of anilines is 1. The lowest BCUT2D eigenvalue weighted by Crippen LogP contribution is -2.40. The van der Waals surface area contributed by atoms with Gasteiger partial charge < -0.3 is 15.0 Å². The van der Waals surface area contributed by atoms with E-state index in [1.165, 1.54) is 17.0 Å². The number of halogens is 1. The number of ether oxygens (including phenoxy) is 1. The Morgan fingerprint density at radius 3 is 2.72 bits per heavy atom.